The number of aromatic amines is 2. The van der Waals surface area contributed by atoms with Gasteiger partial charge in [-0.05, 0) is 87.2 Å². The van der Waals surface area contributed by atoms with E-state index in [1.54, 1.807) is 12.4 Å². The second-order valence-corrected chi connectivity index (χ2v) is 21.4. The SMILES string of the molecule is C[C@@H]1C[C@H](CS(=O)(=O)C2CCCC2)C[C@@H]1c1nnc2cnc3[nH]ccc3n12.C[C@H]1C[C@@H](CS(=O)(=O)C2CCCC2)C[C@H]1c1nnc2cnc3[nH]ccc3n12. The molecule has 6 aromatic rings. The average molecular weight is 775 g/mol. The summed E-state index contributed by atoms with van der Waals surface area (Å²) < 4.78 is 55.3. The van der Waals surface area contributed by atoms with Gasteiger partial charge in [-0.1, -0.05) is 39.5 Å². The molecule has 2 N–H and O–H groups in total. The molecule has 54 heavy (non-hydrogen) atoms. The number of sulfone groups is 2. The first kappa shape index (κ1) is 35.8. The second kappa shape index (κ2) is 14.0. The lowest BCUT2D eigenvalue weighted by Gasteiger charge is -2.15. The number of hydrogen-bond donors (Lipinski definition) is 2. The summed E-state index contributed by atoms with van der Waals surface area (Å²) in [5.74, 6) is 4.20. The highest BCUT2D eigenvalue weighted by Gasteiger charge is 2.41. The number of H-pyrrole nitrogens is 2. The average Bonchev–Trinajstić information content (AvgIpc) is 3.99. The molecule has 4 aliphatic rings. The zero-order valence-electron chi connectivity index (χ0n) is 31.0. The van der Waals surface area contributed by atoms with Crippen molar-refractivity contribution < 1.29 is 16.8 Å². The first-order chi connectivity index (χ1) is 26.1. The van der Waals surface area contributed by atoms with Gasteiger partial charge in [0.15, 0.2) is 42.3 Å². The van der Waals surface area contributed by atoms with Gasteiger partial charge in [0, 0.05) is 24.2 Å². The van der Waals surface area contributed by atoms with Gasteiger partial charge in [0.25, 0.3) is 0 Å². The Kier molecular flexibility index (Phi) is 9.26. The van der Waals surface area contributed by atoms with Crippen LogP contribution < -0.4 is 0 Å². The Balaban J connectivity index is 0.000000142. The fourth-order valence-corrected chi connectivity index (χ4v) is 15.0. The third-order valence-electron chi connectivity index (χ3n) is 13.1. The minimum Gasteiger partial charge on any atom is -0.345 e. The van der Waals surface area contributed by atoms with Crippen LogP contribution in [0.4, 0.5) is 0 Å². The summed E-state index contributed by atoms with van der Waals surface area (Å²) in [5.41, 5.74) is 5.06. The van der Waals surface area contributed by atoms with E-state index in [0.717, 1.165) is 122 Å². The highest BCUT2D eigenvalue weighted by atomic mass is 32.2. The third kappa shape index (κ3) is 6.50. The largest absolute Gasteiger partial charge is 0.345 e. The van der Waals surface area contributed by atoms with Gasteiger partial charge >= 0.3 is 0 Å². The second-order valence-electron chi connectivity index (χ2n) is 16.8. The van der Waals surface area contributed by atoms with Crippen LogP contribution in [0.15, 0.2) is 36.9 Å². The molecule has 0 bridgehead atoms. The normalized spacial score (nSPS) is 27.2. The molecule has 6 aromatic heterocycles. The number of aromatic nitrogens is 10. The van der Waals surface area contributed by atoms with Crippen LogP contribution in [-0.2, 0) is 19.7 Å². The van der Waals surface area contributed by atoms with E-state index in [1.807, 2.05) is 24.5 Å². The number of nitrogens with one attached hydrogen (secondary N) is 2. The van der Waals surface area contributed by atoms with Gasteiger partial charge in [-0.2, -0.15) is 0 Å². The lowest BCUT2D eigenvalue weighted by atomic mass is 9.97. The van der Waals surface area contributed by atoms with E-state index in [1.165, 1.54) is 0 Å². The Morgan fingerprint density at radius 1 is 0.611 bits per heavy atom. The predicted molar refractivity (Wildman–Crippen MR) is 207 cm³/mol. The van der Waals surface area contributed by atoms with Crippen LogP contribution in [0.25, 0.3) is 33.6 Å². The molecule has 0 unspecified atom stereocenters. The lowest BCUT2D eigenvalue weighted by molar-refractivity contribution is 0.504. The molecular weight excluding hydrogens is 725 g/mol. The molecule has 0 amide bonds. The number of nitrogens with zero attached hydrogens (tertiary/aromatic N) is 8. The fraction of sp³-hybridized carbons (Fsp3) is 0.632. The summed E-state index contributed by atoms with van der Waals surface area (Å²) in [5, 5.41) is 17.4. The van der Waals surface area contributed by atoms with Crippen LogP contribution in [0.5, 0.6) is 0 Å². The zero-order valence-corrected chi connectivity index (χ0v) is 32.6. The van der Waals surface area contributed by atoms with E-state index in [9.17, 15) is 16.8 Å². The molecule has 14 nitrogen and oxygen atoms in total. The highest BCUT2D eigenvalue weighted by molar-refractivity contribution is 7.92. The van der Waals surface area contributed by atoms with Crippen molar-refractivity contribution in [2.24, 2.45) is 23.7 Å². The molecule has 4 aliphatic carbocycles. The van der Waals surface area contributed by atoms with Crippen LogP contribution in [0.3, 0.4) is 0 Å². The molecule has 0 radical (unpaired) electrons. The summed E-state index contributed by atoms with van der Waals surface area (Å²) in [6, 6.07) is 3.98. The molecule has 288 valence electrons. The Bertz CT molecular complexity index is 2330. The van der Waals surface area contributed by atoms with Crippen molar-refractivity contribution in [3.05, 3.63) is 48.6 Å². The maximum atomic E-state index is 12.8. The first-order valence-electron chi connectivity index (χ1n) is 19.8. The maximum Gasteiger partial charge on any atom is 0.179 e. The van der Waals surface area contributed by atoms with E-state index in [4.69, 9.17) is 0 Å². The summed E-state index contributed by atoms with van der Waals surface area (Å²) >= 11 is 0. The quantitative estimate of drug-likeness (QED) is 0.181. The standard InChI is InChI=1S/2C19H25N5O2S/c2*1-12-8-13(11-27(25,26)14-4-2-3-5-14)9-15(12)19-23-22-17-10-21-18-16(24(17)19)6-7-20-18/h2*6-7,10,12-15,20H,2-5,8-9,11H2,1H3/t2*12-,13+,15+/m10/s1. The summed E-state index contributed by atoms with van der Waals surface area (Å²) in [4.78, 5) is 15.0. The molecule has 6 heterocycles. The third-order valence-corrected chi connectivity index (χ3v) is 18.0. The molecular formula is C38H50N10O4S2. The minimum absolute atomic E-state index is 0.105. The van der Waals surface area contributed by atoms with Crippen LogP contribution >= 0.6 is 0 Å². The van der Waals surface area contributed by atoms with E-state index < -0.39 is 19.7 Å². The van der Waals surface area contributed by atoms with Gasteiger partial charge in [-0.3, -0.25) is 8.80 Å². The lowest BCUT2D eigenvalue weighted by Crippen LogP contribution is -2.25. The Morgan fingerprint density at radius 2 is 1.02 bits per heavy atom. The molecule has 10 rings (SSSR count). The van der Waals surface area contributed by atoms with Gasteiger partial charge in [0.2, 0.25) is 0 Å². The van der Waals surface area contributed by atoms with Gasteiger partial charge < -0.3 is 9.97 Å². The number of hydrogen-bond acceptors (Lipinski definition) is 10. The smallest absolute Gasteiger partial charge is 0.179 e. The van der Waals surface area contributed by atoms with Crippen LogP contribution in [0.2, 0.25) is 0 Å². The van der Waals surface area contributed by atoms with Gasteiger partial charge in [-0.15, -0.1) is 20.4 Å². The van der Waals surface area contributed by atoms with Gasteiger partial charge in [0.05, 0.1) is 45.4 Å². The van der Waals surface area contributed by atoms with Crippen LogP contribution in [0, 0.1) is 23.7 Å². The molecule has 4 fully saturated rings. The van der Waals surface area contributed by atoms with Gasteiger partial charge in [-0.25, -0.2) is 26.8 Å². The number of rotatable bonds is 8. The molecule has 4 saturated carbocycles. The van der Waals surface area contributed by atoms with E-state index in [-0.39, 0.29) is 34.2 Å². The first-order valence-corrected chi connectivity index (χ1v) is 23.3. The molecule has 0 saturated heterocycles. The molecule has 6 atom stereocenters. The molecule has 16 heteroatoms. The van der Waals surface area contributed by atoms with Crippen LogP contribution in [-0.4, -0.2) is 88.0 Å². The van der Waals surface area contributed by atoms with Gasteiger partial charge in [0.1, 0.15) is 11.6 Å². The van der Waals surface area contributed by atoms with Crippen molar-refractivity contribution in [2.75, 3.05) is 11.5 Å². The van der Waals surface area contributed by atoms with Crippen molar-refractivity contribution in [2.45, 2.75) is 113 Å². The zero-order chi connectivity index (χ0) is 37.2. The Hall–Kier alpha value is -3.92. The van der Waals surface area contributed by atoms with Crippen molar-refractivity contribution in [1.82, 2.24) is 49.1 Å². The van der Waals surface area contributed by atoms with Crippen molar-refractivity contribution >= 4 is 53.3 Å². The monoisotopic (exact) mass is 774 g/mol. The summed E-state index contributed by atoms with van der Waals surface area (Å²) in [7, 11) is -5.97. The summed E-state index contributed by atoms with van der Waals surface area (Å²) in [6.07, 6.45) is 18.4. The maximum absolute atomic E-state index is 12.8. The van der Waals surface area contributed by atoms with Crippen LogP contribution in [0.1, 0.15) is 114 Å². The topological polar surface area (TPSA) is 186 Å². The molecule has 0 aromatic carbocycles. The highest BCUT2D eigenvalue weighted by Crippen LogP contribution is 2.45. The molecule has 0 aliphatic heterocycles. The van der Waals surface area contributed by atoms with Crippen molar-refractivity contribution in [3.8, 4) is 0 Å². The van der Waals surface area contributed by atoms with E-state index in [2.05, 4.69) is 63.0 Å². The number of fused-ring (bicyclic) bond motifs is 6. The Morgan fingerprint density at radius 3 is 1.43 bits per heavy atom. The minimum atomic E-state index is -2.99. The fourth-order valence-electron chi connectivity index (χ4n) is 10.4. The predicted octanol–water partition coefficient (Wildman–Crippen LogP) is 6.19. The van der Waals surface area contributed by atoms with E-state index >= 15 is 0 Å². The van der Waals surface area contributed by atoms with E-state index in [0.29, 0.717) is 23.3 Å². The Labute approximate surface area is 315 Å². The summed E-state index contributed by atoms with van der Waals surface area (Å²) in [6.45, 7) is 4.42. The van der Waals surface area contributed by atoms with Crippen molar-refractivity contribution in [1.29, 1.82) is 0 Å². The molecule has 0 spiro atoms. The van der Waals surface area contributed by atoms with Crippen molar-refractivity contribution in [3.63, 3.8) is 0 Å².